The number of aromatic nitrogens is 3. The Labute approximate surface area is 146 Å². The van der Waals surface area contributed by atoms with Gasteiger partial charge in [0, 0.05) is 25.2 Å². The summed E-state index contributed by atoms with van der Waals surface area (Å²) in [5.74, 6) is -1.77. The molecule has 0 bridgehead atoms. The summed E-state index contributed by atoms with van der Waals surface area (Å²) in [5, 5.41) is 10.0. The topological polar surface area (TPSA) is 63.1 Å². The zero-order valence-corrected chi connectivity index (χ0v) is 14.1. The fourth-order valence-corrected chi connectivity index (χ4v) is 3.11. The first-order valence-electron chi connectivity index (χ1n) is 8.01. The molecule has 1 fully saturated rings. The molecule has 2 aromatic rings. The molecule has 140 valence electrons. The number of carbonyl (C=O) groups excluding carboxylic acids is 1. The molecule has 1 saturated heterocycles. The summed E-state index contributed by atoms with van der Waals surface area (Å²) in [7, 11) is 0. The monoisotopic (exact) mass is 371 g/mol. The van der Waals surface area contributed by atoms with Gasteiger partial charge in [-0.2, -0.15) is 13.2 Å². The molecule has 6 nitrogen and oxygen atoms in total. The fraction of sp³-hybridized carbons (Fsp3) is 0.438. The molecule has 1 aromatic carbocycles. The summed E-state index contributed by atoms with van der Waals surface area (Å²) < 4.78 is 55.2. The largest absolute Gasteiger partial charge is 0.435 e. The Morgan fingerprint density at radius 2 is 1.81 bits per heavy atom. The van der Waals surface area contributed by atoms with Crippen molar-refractivity contribution in [2.75, 3.05) is 13.1 Å². The van der Waals surface area contributed by atoms with Crippen LogP contribution in [-0.4, -0.2) is 51.0 Å². The van der Waals surface area contributed by atoms with Gasteiger partial charge < -0.3 is 10.2 Å². The van der Waals surface area contributed by atoms with Gasteiger partial charge >= 0.3 is 6.18 Å². The van der Waals surface area contributed by atoms with E-state index in [9.17, 15) is 22.4 Å². The number of hydrogen-bond acceptors (Lipinski definition) is 4. The van der Waals surface area contributed by atoms with Gasteiger partial charge in [-0.25, -0.2) is 9.07 Å². The van der Waals surface area contributed by atoms with Crippen LogP contribution in [0.1, 0.15) is 30.0 Å². The molecule has 10 heteroatoms. The maximum Gasteiger partial charge on any atom is 0.435 e. The van der Waals surface area contributed by atoms with Gasteiger partial charge in [0.05, 0.1) is 0 Å². The molecular formula is C16H17F4N5O. The second-order valence-electron chi connectivity index (χ2n) is 6.33. The Kier molecular flexibility index (Phi) is 4.70. The molecule has 1 aliphatic heterocycles. The van der Waals surface area contributed by atoms with Gasteiger partial charge in [-0.05, 0) is 26.0 Å². The molecule has 0 saturated carbocycles. The Morgan fingerprint density at radius 1 is 1.19 bits per heavy atom. The molecule has 2 heterocycles. The zero-order chi connectivity index (χ0) is 19.1. The third-order valence-electron chi connectivity index (χ3n) is 4.07. The predicted octanol–water partition coefficient (Wildman–Crippen LogP) is 2.25. The van der Waals surface area contributed by atoms with Crippen molar-refractivity contribution in [2.24, 2.45) is 0 Å². The minimum Gasteiger partial charge on any atom is -0.334 e. The van der Waals surface area contributed by atoms with Crippen LogP contribution in [0.25, 0.3) is 5.69 Å². The number of alkyl halides is 3. The summed E-state index contributed by atoms with van der Waals surface area (Å²) >= 11 is 0. The van der Waals surface area contributed by atoms with E-state index in [0.717, 1.165) is 12.1 Å². The van der Waals surface area contributed by atoms with Gasteiger partial charge in [0.25, 0.3) is 5.91 Å². The smallest absolute Gasteiger partial charge is 0.334 e. The summed E-state index contributed by atoms with van der Waals surface area (Å²) in [6.45, 7) is 4.15. The number of carbonyl (C=O) groups is 1. The third kappa shape index (κ3) is 3.41. The van der Waals surface area contributed by atoms with Crippen LogP contribution in [0.4, 0.5) is 17.6 Å². The van der Waals surface area contributed by atoms with Crippen LogP contribution in [0.15, 0.2) is 24.3 Å². The number of halogens is 4. The van der Waals surface area contributed by atoms with Gasteiger partial charge in [-0.1, -0.05) is 17.3 Å². The van der Waals surface area contributed by atoms with E-state index in [1.807, 2.05) is 13.8 Å². The molecule has 26 heavy (non-hydrogen) atoms. The molecule has 1 aromatic heterocycles. The van der Waals surface area contributed by atoms with Crippen molar-refractivity contribution < 1.29 is 22.4 Å². The second-order valence-corrected chi connectivity index (χ2v) is 6.33. The van der Waals surface area contributed by atoms with Gasteiger partial charge in [-0.15, -0.1) is 5.10 Å². The number of amides is 1. The Balaban J connectivity index is 2.06. The number of para-hydroxylation sites is 1. The minimum atomic E-state index is -4.93. The average molecular weight is 371 g/mol. The van der Waals surface area contributed by atoms with Gasteiger partial charge in [0.1, 0.15) is 11.5 Å². The first kappa shape index (κ1) is 18.3. The Hall–Kier alpha value is -2.49. The van der Waals surface area contributed by atoms with Crippen molar-refractivity contribution in [3.8, 4) is 5.69 Å². The molecule has 1 amide bonds. The normalized spacial score (nSPS) is 21.1. The lowest BCUT2D eigenvalue weighted by Crippen LogP contribution is -2.56. The molecule has 0 radical (unpaired) electrons. The van der Waals surface area contributed by atoms with Crippen molar-refractivity contribution in [3.63, 3.8) is 0 Å². The number of nitrogens with zero attached hydrogens (tertiary/aromatic N) is 4. The van der Waals surface area contributed by atoms with E-state index in [4.69, 9.17) is 0 Å². The first-order valence-corrected chi connectivity index (χ1v) is 8.01. The zero-order valence-electron chi connectivity index (χ0n) is 14.1. The van der Waals surface area contributed by atoms with E-state index >= 15 is 0 Å². The van der Waals surface area contributed by atoms with E-state index in [2.05, 4.69) is 15.6 Å². The molecule has 0 aliphatic carbocycles. The van der Waals surface area contributed by atoms with Crippen molar-refractivity contribution >= 4 is 5.91 Å². The summed E-state index contributed by atoms with van der Waals surface area (Å²) in [6, 6.07) is 4.73. The summed E-state index contributed by atoms with van der Waals surface area (Å²) in [6.07, 6.45) is -4.93. The van der Waals surface area contributed by atoms with E-state index in [1.165, 1.54) is 17.0 Å². The highest BCUT2D eigenvalue weighted by atomic mass is 19.4. The summed E-state index contributed by atoms with van der Waals surface area (Å²) in [4.78, 5) is 14.0. The van der Waals surface area contributed by atoms with Crippen LogP contribution >= 0.6 is 0 Å². The number of hydrogen-bond donors (Lipinski definition) is 1. The van der Waals surface area contributed by atoms with Gasteiger partial charge in [0.15, 0.2) is 11.4 Å². The van der Waals surface area contributed by atoms with Crippen LogP contribution in [0.3, 0.4) is 0 Å². The lowest BCUT2D eigenvalue weighted by atomic mass is 10.1. The van der Waals surface area contributed by atoms with Crippen LogP contribution in [0.5, 0.6) is 0 Å². The van der Waals surface area contributed by atoms with E-state index < -0.39 is 35.0 Å². The lowest BCUT2D eigenvalue weighted by molar-refractivity contribution is -0.143. The van der Waals surface area contributed by atoms with E-state index in [-0.39, 0.29) is 25.2 Å². The van der Waals surface area contributed by atoms with Crippen LogP contribution < -0.4 is 5.32 Å². The molecule has 0 spiro atoms. The Bertz CT molecular complexity index is 809. The van der Waals surface area contributed by atoms with Crippen LogP contribution in [0, 0.1) is 5.82 Å². The minimum absolute atomic E-state index is 0.0707. The SMILES string of the molecule is C[C@@H]1CN(C(=O)c2nnn(-c3ccccc3F)c2C(F)(F)F)C[C@@H](C)N1. The third-order valence-corrected chi connectivity index (χ3v) is 4.07. The summed E-state index contributed by atoms with van der Waals surface area (Å²) in [5.41, 5.74) is -2.64. The van der Waals surface area contributed by atoms with Gasteiger partial charge in [-0.3, -0.25) is 4.79 Å². The van der Waals surface area contributed by atoms with Crippen molar-refractivity contribution in [2.45, 2.75) is 32.1 Å². The van der Waals surface area contributed by atoms with Crippen LogP contribution in [0.2, 0.25) is 0 Å². The number of piperazine rings is 1. The predicted molar refractivity (Wildman–Crippen MR) is 84.3 cm³/mol. The molecular weight excluding hydrogens is 354 g/mol. The van der Waals surface area contributed by atoms with Crippen molar-refractivity contribution in [3.05, 3.63) is 41.5 Å². The highest BCUT2D eigenvalue weighted by Gasteiger charge is 2.43. The number of nitrogens with one attached hydrogen (secondary N) is 1. The number of benzene rings is 1. The quantitative estimate of drug-likeness (QED) is 0.823. The molecule has 0 unspecified atom stereocenters. The number of rotatable bonds is 2. The molecule has 1 aliphatic rings. The lowest BCUT2D eigenvalue weighted by Gasteiger charge is -2.35. The van der Waals surface area contributed by atoms with E-state index in [1.54, 1.807) is 0 Å². The van der Waals surface area contributed by atoms with Crippen molar-refractivity contribution in [1.82, 2.24) is 25.2 Å². The molecule has 3 rings (SSSR count). The van der Waals surface area contributed by atoms with Gasteiger partial charge in [0.2, 0.25) is 0 Å². The first-order chi connectivity index (χ1) is 12.2. The molecule has 2 atom stereocenters. The highest BCUT2D eigenvalue weighted by molar-refractivity contribution is 5.93. The maximum absolute atomic E-state index is 14.0. The maximum atomic E-state index is 14.0. The van der Waals surface area contributed by atoms with E-state index in [0.29, 0.717) is 4.68 Å². The average Bonchev–Trinajstić information content (AvgIpc) is 2.98. The standard InChI is InChI=1S/C16H17F4N5O/c1-9-7-24(8-10(2)21-9)15(26)13-14(16(18,19)20)25(23-22-13)12-6-4-3-5-11(12)17/h3-6,9-10,21H,7-8H2,1-2H3/t9-,10-/m1/s1. The van der Waals surface area contributed by atoms with Crippen LogP contribution in [-0.2, 0) is 6.18 Å². The molecule has 1 N–H and O–H groups in total. The Morgan fingerprint density at radius 3 is 2.38 bits per heavy atom. The highest BCUT2D eigenvalue weighted by Crippen LogP contribution is 2.33. The second kappa shape index (κ2) is 6.67. The van der Waals surface area contributed by atoms with Crippen molar-refractivity contribution in [1.29, 1.82) is 0 Å². The fourth-order valence-electron chi connectivity index (χ4n) is 3.11.